The van der Waals surface area contributed by atoms with E-state index in [2.05, 4.69) is 6.92 Å². The first-order valence-electron chi connectivity index (χ1n) is 6.99. The van der Waals surface area contributed by atoms with Crippen LogP contribution in [0.3, 0.4) is 0 Å². The first-order chi connectivity index (χ1) is 8.18. The minimum absolute atomic E-state index is 0.261. The smallest absolute Gasteiger partial charge is 0.0940 e. The molecule has 1 N–H and O–H groups in total. The van der Waals surface area contributed by atoms with Crippen LogP contribution < -0.4 is 0 Å². The van der Waals surface area contributed by atoms with Crippen molar-refractivity contribution in [3.05, 3.63) is 0 Å². The van der Waals surface area contributed by atoms with Crippen LogP contribution in [0.25, 0.3) is 0 Å². The van der Waals surface area contributed by atoms with E-state index < -0.39 is 0 Å². The van der Waals surface area contributed by atoms with Gasteiger partial charge in [0.1, 0.15) is 0 Å². The first-order valence-corrected chi connectivity index (χ1v) is 6.99. The normalized spacial score (nSPS) is 41.1. The lowest BCUT2D eigenvalue weighted by Crippen LogP contribution is -2.51. The molecule has 1 saturated carbocycles. The van der Waals surface area contributed by atoms with E-state index in [-0.39, 0.29) is 17.6 Å². The summed E-state index contributed by atoms with van der Waals surface area (Å²) in [5, 5.41) is 10.6. The molecule has 1 aliphatic carbocycles. The molecule has 2 aliphatic rings. The van der Waals surface area contributed by atoms with Gasteiger partial charge in [-0.2, -0.15) is 0 Å². The fourth-order valence-corrected chi connectivity index (χ4v) is 3.32. The van der Waals surface area contributed by atoms with Crippen LogP contribution in [-0.2, 0) is 9.47 Å². The Bertz CT molecular complexity index is 228. The van der Waals surface area contributed by atoms with Crippen molar-refractivity contribution in [2.45, 2.75) is 57.2 Å². The molecule has 3 nitrogen and oxygen atoms in total. The molecule has 1 saturated heterocycles. The lowest BCUT2D eigenvalue weighted by molar-refractivity contribution is -0.161. The Hall–Kier alpha value is -0.120. The highest BCUT2D eigenvalue weighted by molar-refractivity contribution is 4.95. The summed E-state index contributed by atoms with van der Waals surface area (Å²) in [6.07, 6.45) is 6.08. The van der Waals surface area contributed by atoms with Gasteiger partial charge >= 0.3 is 0 Å². The molecule has 0 spiro atoms. The van der Waals surface area contributed by atoms with Crippen LogP contribution in [0.5, 0.6) is 0 Å². The number of hydrogen-bond donors (Lipinski definition) is 1. The van der Waals surface area contributed by atoms with Gasteiger partial charge in [0.25, 0.3) is 0 Å². The average Bonchev–Trinajstić information content (AvgIpc) is 2.40. The van der Waals surface area contributed by atoms with Crippen LogP contribution in [-0.4, -0.2) is 37.1 Å². The zero-order valence-electron chi connectivity index (χ0n) is 11.2. The summed E-state index contributed by atoms with van der Waals surface area (Å²) in [6.45, 7) is 3.83. The lowest BCUT2D eigenvalue weighted by Gasteiger charge is -2.45. The van der Waals surface area contributed by atoms with Crippen molar-refractivity contribution < 1.29 is 14.6 Å². The standard InChI is InChI=1S/C14H26O3/c1-11-5-7-14(16-2,8-6-11)13(15)12-4-3-9-17-10-12/h11-13,15H,3-10H2,1-2H3. The highest BCUT2D eigenvalue weighted by Crippen LogP contribution is 2.40. The van der Waals surface area contributed by atoms with Crippen LogP contribution in [0.2, 0.25) is 0 Å². The second-order valence-electron chi connectivity index (χ2n) is 5.87. The molecular formula is C14H26O3. The van der Waals surface area contributed by atoms with Crippen LogP contribution in [0.1, 0.15) is 45.4 Å². The summed E-state index contributed by atoms with van der Waals surface area (Å²) < 4.78 is 11.2. The van der Waals surface area contributed by atoms with Gasteiger partial charge in [0, 0.05) is 19.6 Å². The maximum Gasteiger partial charge on any atom is 0.0940 e. The molecule has 0 aromatic carbocycles. The lowest BCUT2D eigenvalue weighted by atomic mass is 9.72. The van der Waals surface area contributed by atoms with Crippen LogP contribution in [0, 0.1) is 11.8 Å². The van der Waals surface area contributed by atoms with Crippen molar-refractivity contribution in [2.75, 3.05) is 20.3 Å². The van der Waals surface area contributed by atoms with Crippen LogP contribution >= 0.6 is 0 Å². The summed E-state index contributed by atoms with van der Waals surface area (Å²) >= 11 is 0. The molecule has 0 bridgehead atoms. The van der Waals surface area contributed by atoms with Crippen molar-refractivity contribution in [3.8, 4) is 0 Å². The van der Waals surface area contributed by atoms with Crippen molar-refractivity contribution in [1.82, 2.24) is 0 Å². The van der Waals surface area contributed by atoms with Crippen LogP contribution in [0.15, 0.2) is 0 Å². The van der Waals surface area contributed by atoms with Gasteiger partial charge in [0.2, 0.25) is 0 Å². The van der Waals surface area contributed by atoms with E-state index in [0.717, 1.165) is 38.2 Å². The molecule has 2 fully saturated rings. The van der Waals surface area contributed by atoms with Gasteiger partial charge in [-0.25, -0.2) is 0 Å². The Balaban J connectivity index is 2.00. The van der Waals surface area contributed by atoms with Crippen molar-refractivity contribution in [3.63, 3.8) is 0 Å². The number of ether oxygens (including phenoxy) is 2. The summed E-state index contributed by atoms with van der Waals surface area (Å²) in [5.74, 6) is 1.03. The molecule has 0 aromatic rings. The van der Waals surface area contributed by atoms with Gasteiger partial charge in [-0.3, -0.25) is 0 Å². The molecule has 2 atom stereocenters. The monoisotopic (exact) mass is 242 g/mol. The molecule has 1 heterocycles. The van der Waals surface area contributed by atoms with Gasteiger partial charge in [-0.1, -0.05) is 6.92 Å². The number of aliphatic hydroxyl groups excluding tert-OH is 1. The molecule has 17 heavy (non-hydrogen) atoms. The molecule has 100 valence electrons. The Kier molecular flexibility index (Phi) is 4.45. The molecule has 2 rings (SSSR count). The summed E-state index contributed by atoms with van der Waals surface area (Å²) in [7, 11) is 1.75. The molecule has 3 heteroatoms. The number of methoxy groups -OCH3 is 1. The second-order valence-corrected chi connectivity index (χ2v) is 5.87. The number of aliphatic hydroxyl groups is 1. The SMILES string of the molecule is COC1(C(O)C2CCCOC2)CCC(C)CC1. The summed E-state index contributed by atoms with van der Waals surface area (Å²) in [5.41, 5.74) is -0.308. The minimum atomic E-state index is -0.361. The Morgan fingerprint density at radius 3 is 2.53 bits per heavy atom. The summed E-state index contributed by atoms with van der Waals surface area (Å²) in [6, 6.07) is 0. The molecule has 0 radical (unpaired) electrons. The van der Waals surface area contributed by atoms with Crippen molar-refractivity contribution in [1.29, 1.82) is 0 Å². The van der Waals surface area contributed by atoms with E-state index in [1.54, 1.807) is 7.11 Å². The maximum atomic E-state index is 10.6. The molecule has 2 unspecified atom stereocenters. The molecular weight excluding hydrogens is 216 g/mol. The fraction of sp³-hybridized carbons (Fsp3) is 1.00. The van der Waals surface area contributed by atoms with Crippen molar-refractivity contribution in [2.24, 2.45) is 11.8 Å². The Morgan fingerprint density at radius 1 is 1.29 bits per heavy atom. The molecule has 0 amide bonds. The Labute approximate surface area is 104 Å². The summed E-state index contributed by atoms with van der Waals surface area (Å²) in [4.78, 5) is 0. The first kappa shape index (κ1) is 13.3. The largest absolute Gasteiger partial charge is 0.390 e. The second kappa shape index (κ2) is 5.68. The van der Waals surface area contributed by atoms with E-state index in [4.69, 9.17) is 9.47 Å². The molecule has 0 aromatic heterocycles. The number of rotatable bonds is 3. The number of hydrogen-bond acceptors (Lipinski definition) is 3. The predicted octanol–water partition coefficient (Wildman–Crippen LogP) is 2.37. The van der Waals surface area contributed by atoms with Gasteiger partial charge in [-0.05, 0) is 44.4 Å². The van der Waals surface area contributed by atoms with Gasteiger partial charge in [0.05, 0.1) is 18.3 Å². The topological polar surface area (TPSA) is 38.7 Å². The van der Waals surface area contributed by atoms with E-state index >= 15 is 0 Å². The van der Waals surface area contributed by atoms with Crippen molar-refractivity contribution >= 4 is 0 Å². The van der Waals surface area contributed by atoms with Crippen LogP contribution in [0.4, 0.5) is 0 Å². The zero-order valence-corrected chi connectivity index (χ0v) is 11.2. The maximum absolute atomic E-state index is 10.6. The molecule has 1 aliphatic heterocycles. The average molecular weight is 242 g/mol. The fourth-order valence-electron chi connectivity index (χ4n) is 3.32. The third kappa shape index (κ3) is 2.83. The van der Waals surface area contributed by atoms with E-state index in [9.17, 15) is 5.11 Å². The van der Waals surface area contributed by atoms with E-state index in [0.29, 0.717) is 6.61 Å². The van der Waals surface area contributed by atoms with E-state index in [1.807, 2.05) is 0 Å². The zero-order chi connectivity index (χ0) is 12.3. The minimum Gasteiger partial charge on any atom is -0.390 e. The predicted molar refractivity (Wildman–Crippen MR) is 66.9 cm³/mol. The highest BCUT2D eigenvalue weighted by atomic mass is 16.5. The Morgan fingerprint density at radius 2 is 2.00 bits per heavy atom. The van der Waals surface area contributed by atoms with E-state index in [1.165, 1.54) is 12.8 Å². The quantitative estimate of drug-likeness (QED) is 0.825. The van der Waals surface area contributed by atoms with Gasteiger partial charge < -0.3 is 14.6 Å². The van der Waals surface area contributed by atoms with Gasteiger partial charge in [-0.15, -0.1) is 0 Å². The van der Waals surface area contributed by atoms with Gasteiger partial charge in [0.15, 0.2) is 0 Å². The third-order valence-electron chi connectivity index (χ3n) is 4.71. The third-order valence-corrected chi connectivity index (χ3v) is 4.71. The highest BCUT2D eigenvalue weighted by Gasteiger charge is 2.44.